The summed E-state index contributed by atoms with van der Waals surface area (Å²) in [5, 5.41) is 10.5. The zero-order valence-corrected chi connectivity index (χ0v) is 11.7. The summed E-state index contributed by atoms with van der Waals surface area (Å²) in [5.41, 5.74) is 7.22. The van der Waals surface area contributed by atoms with Gasteiger partial charge < -0.3 is 15.6 Å². The first kappa shape index (κ1) is 13.4. The SMILES string of the molecule is CC1(C)Cc2cccc(C(O)C(C)(C)CN)c2O1. The lowest BCUT2D eigenvalue weighted by atomic mass is 9.82. The molecule has 3 nitrogen and oxygen atoms in total. The molecule has 18 heavy (non-hydrogen) atoms. The number of nitrogens with two attached hydrogens (primary N) is 1. The molecule has 1 aliphatic rings. The summed E-state index contributed by atoms with van der Waals surface area (Å²) in [5.74, 6) is 0.844. The summed E-state index contributed by atoms with van der Waals surface area (Å²) < 4.78 is 5.99. The number of aliphatic hydroxyl groups is 1. The summed E-state index contributed by atoms with van der Waals surface area (Å²) in [7, 11) is 0. The maximum atomic E-state index is 10.5. The highest BCUT2D eigenvalue weighted by Gasteiger charge is 2.36. The maximum absolute atomic E-state index is 10.5. The summed E-state index contributed by atoms with van der Waals surface area (Å²) in [4.78, 5) is 0. The first-order chi connectivity index (χ1) is 8.27. The molecule has 0 aliphatic carbocycles. The summed E-state index contributed by atoms with van der Waals surface area (Å²) in [6.45, 7) is 8.50. The highest BCUT2D eigenvalue weighted by atomic mass is 16.5. The molecule has 0 saturated carbocycles. The first-order valence-electron chi connectivity index (χ1n) is 6.46. The molecule has 1 unspecified atom stereocenters. The predicted octanol–water partition coefficient (Wildman–Crippen LogP) is 2.42. The molecule has 0 aromatic heterocycles. The summed E-state index contributed by atoms with van der Waals surface area (Å²) in [6, 6.07) is 5.98. The molecule has 0 radical (unpaired) electrons. The Hall–Kier alpha value is -1.06. The van der Waals surface area contributed by atoms with Crippen molar-refractivity contribution < 1.29 is 9.84 Å². The number of aliphatic hydroxyl groups excluding tert-OH is 1. The van der Waals surface area contributed by atoms with Gasteiger partial charge in [0.15, 0.2) is 0 Å². The molecular weight excluding hydrogens is 226 g/mol. The van der Waals surface area contributed by atoms with E-state index in [9.17, 15) is 5.11 Å². The topological polar surface area (TPSA) is 55.5 Å². The number of hydrogen-bond acceptors (Lipinski definition) is 3. The van der Waals surface area contributed by atoms with Gasteiger partial charge in [0.05, 0.1) is 6.10 Å². The van der Waals surface area contributed by atoms with Gasteiger partial charge in [-0.1, -0.05) is 32.0 Å². The van der Waals surface area contributed by atoms with Crippen LogP contribution in [0.15, 0.2) is 18.2 Å². The van der Waals surface area contributed by atoms with Crippen molar-refractivity contribution in [3.05, 3.63) is 29.3 Å². The smallest absolute Gasteiger partial charge is 0.129 e. The third-order valence-corrected chi connectivity index (χ3v) is 3.68. The molecule has 3 heteroatoms. The Bertz CT molecular complexity index is 452. The fourth-order valence-electron chi connectivity index (χ4n) is 2.39. The Morgan fingerprint density at radius 1 is 1.44 bits per heavy atom. The lowest BCUT2D eigenvalue weighted by Crippen LogP contribution is -2.31. The number of fused-ring (bicyclic) bond motifs is 1. The molecule has 3 N–H and O–H groups in total. The molecule has 0 amide bonds. The second-order valence-electron chi connectivity index (χ2n) is 6.47. The standard InChI is InChI=1S/C15H23NO2/c1-14(2,9-16)13(17)11-7-5-6-10-8-15(3,4)18-12(10)11/h5-7,13,17H,8-9,16H2,1-4H3. The quantitative estimate of drug-likeness (QED) is 0.865. The van der Waals surface area contributed by atoms with Crippen molar-refractivity contribution in [3.63, 3.8) is 0 Å². The van der Waals surface area contributed by atoms with E-state index in [2.05, 4.69) is 19.9 Å². The van der Waals surface area contributed by atoms with Crippen LogP contribution in [0.5, 0.6) is 5.75 Å². The van der Waals surface area contributed by atoms with Gasteiger partial charge in [-0.15, -0.1) is 0 Å². The van der Waals surface area contributed by atoms with Gasteiger partial charge in [-0.25, -0.2) is 0 Å². The number of para-hydroxylation sites is 1. The molecular formula is C15H23NO2. The van der Waals surface area contributed by atoms with Crippen molar-refractivity contribution >= 4 is 0 Å². The van der Waals surface area contributed by atoms with Crippen LogP contribution in [0, 0.1) is 5.41 Å². The third kappa shape index (κ3) is 2.25. The van der Waals surface area contributed by atoms with Gasteiger partial charge in [-0.3, -0.25) is 0 Å². The van der Waals surface area contributed by atoms with E-state index in [1.54, 1.807) is 0 Å². The van der Waals surface area contributed by atoms with Crippen LogP contribution in [0.25, 0.3) is 0 Å². The molecule has 100 valence electrons. The van der Waals surface area contributed by atoms with E-state index in [-0.39, 0.29) is 11.0 Å². The average molecular weight is 249 g/mol. The summed E-state index contributed by atoms with van der Waals surface area (Å²) >= 11 is 0. The number of rotatable bonds is 3. The molecule has 1 aliphatic heterocycles. The van der Waals surface area contributed by atoms with Gasteiger partial charge in [0.25, 0.3) is 0 Å². The number of ether oxygens (including phenoxy) is 1. The Morgan fingerprint density at radius 2 is 2.11 bits per heavy atom. The monoisotopic (exact) mass is 249 g/mol. The van der Waals surface area contributed by atoms with Crippen molar-refractivity contribution in [1.29, 1.82) is 0 Å². The van der Waals surface area contributed by atoms with Crippen LogP contribution in [0.3, 0.4) is 0 Å². The minimum absolute atomic E-state index is 0.189. The van der Waals surface area contributed by atoms with Crippen LogP contribution in [0.2, 0.25) is 0 Å². The molecule has 0 saturated heterocycles. The number of benzene rings is 1. The second kappa shape index (κ2) is 4.25. The van der Waals surface area contributed by atoms with Crippen molar-refractivity contribution in [1.82, 2.24) is 0 Å². The molecule has 1 aromatic rings. The zero-order chi connectivity index (χ0) is 13.6. The van der Waals surface area contributed by atoms with Gasteiger partial charge in [0.1, 0.15) is 11.4 Å². The van der Waals surface area contributed by atoms with Crippen molar-refractivity contribution in [2.75, 3.05) is 6.54 Å². The van der Waals surface area contributed by atoms with Crippen molar-refractivity contribution in [3.8, 4) is 5.75 Å². The van der Waals surface area contributed by atoms with E-state index in [1.165, 1.54) is 5.56 Å². The van der Waals surface area contributed by atoms with E-state index in [1.807, 2.05) is 26.0 Å². The van der Waals surface area contributed by atoms with Gasteiger partial charge in [0.2, 0.25) is 0 Å². The van der Waals surface area contributed by atoms with E-state index in [4.69, 9.17) is 10.5 Å². The molecule has 2 rings (SSSR count). The minimum atomic E-state index is -0.605. The fourth-order valence-corrected chi connectivity index (χ4v) is 2.39. The third-order valence-electron chi connectivity index (χ3n) is 3.68. The van der Waals surface area contributed by atoms with E-state index in [0.29, 0.717) is 6.54 Å². The zero-order valence-electron chi connectivity index (χ0n) is 11.7. The number of hydrogen-bond donors (Lipinski definition) is 2. The summed E-state index contributed by atoms with van der Waals surface area (Å²) in [6.07, 6.45) is 0.276. The first-order valence-corrected chi connectivity index (χ1v) is 6.46. The lowest BCUT2D eigenvalue weighted by Gasteiger charge is -2.30. The fraction of sp³-hybridized carbons (Fsp3) is 0.600. The molecule has 0 fully saturated rings. The average Bonchev–Trinajstić information content (AvgIpc) is 2.61. The molecule has 1 heterocycles. The Balaban J connectivity index is 2.41. The second-order valence-corrected chi connectivity index (χ2v) is 6.47. The molecule has 0 spiro atoms. The molecule has 0 bridgehead atoms. The molecule has 1 atom stereocenters. The van der Waals surface area contributed by atoms with E-state index < -0.39 is 6.10 Å². The highest BCUT2D eigenvalue weighted by molar-refractivity contribution is 5.47. The van der Waals surface area contributed by atoms with E-state index >= 15 is 0 Å². The lowest BCUT2D eigenvalue weighted by molar-refractivity contribution is 0.0495. The van der Waals surface area contributed by atoms with Crippen LogP contribution in [-0.2, 0) is 6.42 Å². The Labute approximate surface area is 109 Å². The predicted molar refractivity (Wildman–Crippen MR) is 72.6 cm³/mol. The van der Waals surface area contributed by atoms with Crippen LogP contribution in [0.4, 0.5) is 0 Å². The van der Waals surface area contributed by atoms with Crippen LogP contribution < -0.4 is 10.5 Å². The highest BCUT2D eigenvalue weighted by Crippen LogP contribution is 2.44. The van der Waals surface area contributed by atoms with Crippen LogP contribution in [-0.4, -0.2) is 17.3 Å². The van der Waals surface area contributed by atoms with Gasteiger partial charge >= 0.3 is 0 Å². The van der Waals surface area contributed by atoms with Crippen molar-refractivity contribution in [2.45, 2.75) is 45.8 Å². The van der Waals surface area contributed by atoms with Crippen molar-refractivity contribution in [2.24, 2.45) is 11.1 Å². The van der Waals surface area contributed by atoms with Gasteiger partial charge in [0, 0.05) is 23.9 Å². The normalized spacial score (nSPS) is 19.2. The Morgan fingerprint density at radius 3 is 2.72 bits per heavy atom. The van der Waals surface area contributed by atoms with Crippen LogP contribution in [0.1, 0.15) is 44.9 Å². The van der Waals surface area contributed by atoms with E-state index in [0.717, 1.165) is 17.7 Å². The largest absolute Gasteiger partial charge is 0.487 e. The van der Waals surface area contributed by atoms with Gasteiger partial charge in [-0.05, 0) is 19.4 Å². The van der Waals surface area contributed by atoms with Crippen LogP contribution >= 0.6 is 0 Å². The maximum Gasteiger partial charge on any atom is 0.129 e. The van der Waals surface area contributed by atoms with Gasteiger partial charge in [-0.2, -0.15) is 0 Å². The Kier molecular flexibility index (Phi) is 3.16. The molecule has 1 aromatic carbocycles. The minimum Gasteiger partial charge on any atom is -0.487 e.